The predicted molar refractivity (Wildman–Crippen MR) is 70.4 cm³/mol. The fraction of sp³-hybridized carbons (Fsp3) is 0.286. The summed E-state index contributed by atoms with van der Waals surface area (Å²) in [5, 5.41) is 9.65. The molecule has 1 rings (SSSR count). The standard InChI is InChI=1S/C14H16OS/c1-4-13(15)12-7-5-6-8-14(12)16-10-9-11(2)3/h1,5-9,13,15H,10H2,2-3H3. The Labute approximate surface area is 102 Å². The Kier molecular flexibility index (Phi) is 5.18. The van der Waals surface area contributed by atoms with Gasteiger partial charge in [-0.05, 0) is 19.9 Å². The molecule has 0 amide bonds. The molecule has 2 heteroatoms. The van der Waals surface area contributed by atoms with Crippen LogP contribution in [0.25, 0.3) is 0 Å². The van der Waals surface area contributed by atoms with Crippen molar-refractivity contribution in [2.24, 2.45) is 0 Å². The summed E-state index contributed by atoms with van der Waals surface area (Å²) >= 11 is 1.69. The average Bonchev–Trinajstić information content (AvgIpc) is 2.28. The van der Waals surface area contributed by atoms with Gasteiger partial charge in [0.1, 0.15) is 6.10 Å². The van der Waals surface area contributed by atoms with Gasteiger partial charge in [-0.2, -0.15) is 0 Å². The fourth-order valence-electron chi connectivity index (χ4n) is 1.23. The number of aliphatic hydroxyl groups is 1. The molecule has 0 aliphatic rings. The van der Waals surface area contributed by atoms with Crippen LogP contribution in [0.1, 0.15) is 25.5 Å². The molecule has 16 heavy (non-hydrogen) atoms. The highest BCUT2D eigenvalue weighted by Gasteiger charge is 2.08. The third-order valence-electron chi connectivity index (χ3n) is 2.10. The molecule has 1 aromatic carbocycles. The second kappa shape index (κ2) is 6.42. The summed E-state index contributed by atoms with van der Waals surface area (Å²) in [5.41, 5.74) is 2.11. The lowest BCUT2D eigenvalue weighted by atomic mass is 10.1. The third-order valence-corrected chi connectivity index (χ3v) is 3.12. The van der Waals surface area contributed by atoms with Crippen molar-refractivity contribution in [1.82, 2.24) is 0 Å². The monoisotopic (exact) mass is 232 g/mol. The van der Waals surface area contributed by atoms with Crippen molar-refractivity contribution < 1.29 is 5.11 Å². The number of rotatable bonds is 4. The van der Waals surface area contributed by atoms with Crippen molar-refractivity contribution in [1.29, 1.82) is 0 Å². The Hall–Kier alpha value is -1.17. The number of benzene rings is 1. The minimum Gasteiger partial charge on any atom is -0.376 e. The summed E-state index contributed by atoms with van der Waals surface area (Å²) < 4.78 is 0. The molecule has 0 bridgehead atoms. The first-order valence-corrected chi connectivity index (χ1v) is 6.13. The first-order valence-electron chi connectivity index (χ1n) is 5.14. The van der Waals surface area contributed by atoms with Gasteiger partial charge in [0, 0.05) is 16.2 Å². The maximum atomic E-state index is 9.65. The summed E-state index contributed by atoms with van der Waals surface area (Å²) in [6.45, 7) is 4.14. The molecular weight excluding hydrogens is 216 g/mol. The van der Waals surface area contributed by atoms with E-state index < -0.39 is 6.10 Å². The topological polar surface area (TPSA) is 20.2 Å². The van der Waals surface area contributed by atoms with E-state index in [0.717, 1.165) is 16.2 Å². The fourth-order valence-corrected chi connectivity index (χ4v) is 2.34. The highest BCUT2D eigenvalue weighted by Crippen LogP contribution is 2.27. The van der Waals surface area contributed by atoms with Gasteiger partial charge in [0.2, 0.25) is 0 Å². The Morgan fingerprint density at radius 3 is 2.81 bits per heavy atom. The van der Waals surface area contributed by atoms with Crippen LogP contribution in [-0.2, 0) is 0 Å². The van der Waals surface area contributed by atoms with Crippen molar-refractivity contribution in [3.05, 3.63) is 41.5 Å². The maximum absolute atomic E-state index is 9.65. The number of terminal acetylenes is 1. The van der Waals surface area contributed by atoms with E-state index in [0.29, 0.717) is 0 Å². The van der Waals surface area contributed by atoms with E-state index >= 15 is 0 Å². The highest BCUT2D eigenvalue weighted by atomic mass is 32.2. The Morgan fingerprint density at radius 1 is 1.50 bits per heavy atom. The number of allylic oxidation sites excluding steroid dienone is 1. The van der Waals surface area contributed by atoms with Gasteiger partial charge in [0.25, 0.3) is 0 Å². The lowest BCUT2D eigenvalue weighted by molar-refractivity contribution is 0.235. The van der Waals surface area contributed by atoms with Gasteiger partial charge in [-0.25, -0.2) is 0 Å². The Morgan fingerprint density at radius 2 is 2.19 bits per heavy atom. The predicted octanol–water partition coefficient (Wildman–Crippen LogP) is 3.41. The molecule has 1 atom stereocenters. The van der Waals surface area contributed by atoms with Crippen LogP contribution < -0.4 is 0 Å². The minimum absolute atomic E-state index is 0.810. The molecule has 0 fully saturated rings. The Balaban J connectivity index is 2.80. The maximum Gasteiger partial charge on any atom is 0.141 e. The van der Waals surface area contributed by atoms with E-state index in [-0.39, 0.29) is 0 Å². The summed E-state index contributed by atoms with van der Waals surface area (Å²) in [4.78, 5) is 1.05. The van der Waals surface area contributed by atoms with Gasteiger partial charge in [-0.15, -0.1) is 18.2 Å². The van der Waals surface area contributed by atoms with E-state index in [4.69, 9.17) is 6.42 Å². The zero-order valence-electron chi connectivity index (χ0n) is 9.60. The molecule has 0 aromatic heterocycles. The smallest absolute Gasteiger partial charge is 0.141 e. The van der Waals surface area contributed by atoms with Gasteiger partial charge in [-0.1, -0.05) is 35.8 Å². The zero-order valence-corrected chi connectivity index (χ0v) is 10.4. The van der Waals surface area contributed by atoms with Crippen molar-refractivity contribution in [2.45, 2.75) is 24.8 Å². The number of hydrogen-bond donors (Lipinski definition) is 1. The van der Waals surface area contributed by atoms with Crippen molar-refractivity contribution >= 4 is 11.8 Å². The van der Waals surface area contributed by atoms with E-state index in [9.17, 15) is 5.11 Å². The van der Waals surface area contributed by atoms with Crippen molar-refractivity contribution in [3.63, 3.8) is 0 Å². The summed E-state index contributed by atoms with van der Waals surface area (Å²) in [7, 11) is 0. The molecule has 1 unspecified atom stereocenters. The van der Waals surface area contributed by atoms with Crippen LogP contribution in [0.2, 0.25) is 0 Å². The second-order valence-electron chi connectivity index (χ2n) is 3.70. The van der Waals surface area contributed by atoms with Crippen LogP contribution in [0, 0.1) is 12.3 Å². The van der Waals surface area contributed by atoms with Crippen LogP contribution in [0.15, 0.2) is 40.8 Å². The van der Waals surface area contributed by atoms with Gasteiger partial charge in [0.05, 0.1) is 0 Å². The van der Waals surface area contributed by atoms with Gasteiger partial charge < -0.3 is 5.11 Å². The van der Waals surface area contributed by atoms with Gasteiger partial charge in [-0.3, -0.25) is 0 Å². The van der Waals surface area contributed by atoms with Crippen LogP contribution in [0.5, 0.6) is 0 Å². The van der Waals surface area contributed by atoms with Crippen molar-refractivity contribution in [2.75, 3.05) is 5.75 Å². The second-order valence-corrected chi connectivity index (χ2v) is 4.76. The molecule has 1 N–H and O–H groups in total. The first kappa shape index (κ1) is 12.9. The largest absolute Gasteiger partial charge is 0.376 e. The average molecular weight is 232 g/mol. The zero-order chi connectivity index (χ0) is 12.0. The Bertz CT molecular complexity index is 411. The minimum atomic E-state index is -0.810. The molecule has 84 valence electrons. The lowest BCUT2D eigenvalue weighted by Crippen LogP contribution is -1.95. The van der Waals surface area contributed by atoms with Crippen LogP contribution >= 0.6 is 11.8 Å². The van der Waals surface area contributed by atoms with E-state index in [1.165, 1.54) is 5.57 Å². The first-order chi connectivity index (χ1) is 7.65. The van der Waals surface area contributed by atoms with Crippen LogP contribution in [-0.4, -0.2) is 10.9 Å². The van der Waals surface area contributed by atoms with Gasteiger partial charge in [0.15, 0.2) is 0 Å². The molecule has 1 nitrogen and oxygen atoms in total. The van der Waals surface area contributed by atoms with Crippen LogP contribution in [0.4, 0.5) is 0 Å². The quantitative estimate of drug-likeness (QED) is 0.487. The molecule has 0 saturated heterocycles. The summed E-state index contributed by atoms with van der Waals surface area (Å²) in [6, 6.07) is 7.70. The molecular formula is C14H16OS. The number of aliphatic hydroxyl groups excluding tert-OH is 1. The summed E-state index contributed by atoms with van der Waals surface area (Å²) in [6.07, 6.45) is 6.58. The van der Waals surface area contributed by atoms with E-state index in [2.05, 4.69) is 25.8 Å². The SMILES string of the molecule is C#CC(O)c1ccccc1SCC=C(C)C. The molecule has 0 saturated carbocycles. The molecule has 0 radical (unpaired) electrons. The summed E-state index contributed by atoms with van der Waals surface area (Å²) in [5.74, 6) is 3.25. The normalized spacial score (nSPS) is 11.6. The molecule has 0 spiro atoms. The molecule has 0 aliphatic carbocycles. The molecule has 1 aromatic rings. The number of thioether (sulfide) groups is 1. The molecule has 0 aliphatic heterocycles. The van der Waals surface area contributed by atoms with E-state index in [1.54, 1.807) is 11.8 Å². The van der Waals surface area contributed by atoms with Gasteiger partial charge >= 0.3 is 0 Å². The number of hydrogen-bond acceptors (Lipinski definition) is 2. The third kappa shape index (κ3) is 3.77. The van der Waals surface area contributed by atoms with E-state index in [1.807, 2.05) is 24.3 Å². The lowest BCUT2D eigenvalue weighted by Gasteiger charge is -2.09. The highest BCUT2D eigenvalue weighted by molar-refractivity contribution is 7.99. The van der Waals surface area contributed by atoms with Crippen LogP contribution in [0.3, 0.4) is 0 Å². The van der Waals surface area contributed by atoms with Crippen molar-refractivity contribution in [3.8, 4) is 12.3 Å². The molecule has 0 heterocycles.